The Labute approximate surface area is 97.2 Å². The zero-order valence-electron chi connectivity index (χ0n) is 9.65. The van der Waals surface area contributed by atoms with Gasteiger partial charge in [-0.2, -0.15) is 17.4 Å². The van der Waals surface area contributed by atoms with Crippen molar-refractivity contribution in [3.8, 4) is 0 Å². The molecule has 16 heavy (non-hydrogen) atoms. The molecule has 0 saturated carbocycles. The lowest BCUT2D eigenvalue weighted by atomic mass is 10.2. The van der Waals surface area contributed by atoms with Crippen LogP contribution in [0.3, 0.4) is 0 Å². The third-order valence-electron chi connectivity index (χ3n) is 2.70. The molecule has 1 aliphatic heterocycles. The zero-order chi connectivity index (χ0) is 12.0. The highest BCUT2D eigenvalue weighted by molar-refractivity contribution is 7.87. The van der Waals surface area contributed by atoms with Crippen LogP contribution < -0.4 is 10.0 Å². The molecule has 0 aromatic heterocycles. The molecule has 0 amide bonds. The second-order valence-corrected chi connectivity index (χ2v) is 5.59. The molecule has 1 aliphatic rings. The predicted octanol–water partition coefficient (Wildman–Crippen LogP) is -1.11. The van der Waals surface area contributed by atoms with E-state index in [1.54, 1.807) is 0 Å². The molecule has 1 saturated heterocycles. The van der Waals surface area contributed by atoms with E-state index in [1.165, 1.54) is 4.31 Å². The van der Waals surface area contributed by atoms with E-state index in [-0.39, 0.29) is 12.6 Å². The van der Waals surface area contributed by atoms with Crippen molar-refractivity contribution in [3.63, 3.8) is 0 Å². The van der Waals surface area contributed by atoms with Gasteiger partial charge in [-0.15, -0.1) is 0 Å². The fourth-order valence-corrected chi connectivity index (χ4v) is 3.19. The standard InChI is InChI=1S/C9H21N3O3S/c1-2-9(3-8-13)11-16(14,15)12-6-4-10-5-7-12/h9-11,13H,2-8H2,1H3. The second-order valence-electron chi connectivity index (χ2n) is 3.89. The topological polar surface area (TPSA) is 81.7 Å². The maximum atomic E-state index is 11.9. The van der Waals surface area contributed by atoms with Crippen molar-refractivity contribution in [2.45, 2.75) is 25.8 Å². The van der Waals surface area contributed by atoms with Gasteiger partial charge in [0.05, 0.1) is 0 Å². The van der Waals surface area contributed by atoms with Crippen LogP contribution in [0.4, 0.5) is 0 Å². The van der Waals surface area contributed by atoms with E-state index in [9.17, 15) is 8.42 Å². The number of nitrogens with zero attached hydrogens (tertiary/aromatic N) is 1. The molecule has 0 radical (unpaired) electrons. The van der Waals surface area contributed by atoms with Gasteiger partial charge in [0.25, 0.3) is 10.2 Å². The number of nitrogens with one attached hydrogen (secondary N) is 2. The highest BCUT2D eigenvalue weighted by Gasteiger charge is 2.25. The molecule has 1 heterocycles. The first-order valence-electron chi connectivity index (χ1n) is 5.69. The lowest BCUT2D eigenvalue weighted by Gasteiger charge is -2.28. The Hall–Kier alpha value is -0.210. The van der Waals surface area contributed by atoms with Crippen LogP contribution in [0.25, 0.3) is 0 Å². The molecule has 96 valence electrons. The lowest BCUT2D eigenvalue weighted by molar-refractivity contribution is 0.268. The Balaban J connectivity index is 2.54. The van der Waals surface area contributed by atoms with Gasteiger partial charge in [0.1, 0.15) is 0 Å². The fourth-order valence-electron chi connectivity index (χ4n) is 1.67. The van der Waals surface area contributed by atoms with Gasteiger partial charge in [-0.3, -0.25) is 0 Å². The van der Waals surface area contributed by atoms with Gasteiger partial charge in [-0.05, 0) is 12.8 Å². The number of rotatable bonds is 6. The lowest BCUT2D eigenvalue weighted by Crippen LogP contribution is -2.52. The van der Waals surface area contributed by atoms with Crippen molar-refractivity contribution in [3.05, 3.63) is 0 Å². The third kappa shape index (κ3) is 3.99. The second kappa shape index (κ2) is 6.51. The summed E-state index contributed by atoms with van der Waals surface area (Å²) in [6, 6.07) is -0.176. The Morgan fingerprint density at radius 2 is 2.06 bits per heavy atom. The summed E-state index contributed by atoms with van der Waals surface area (Å²) in [7, 11) is -3.38. The van der Waals surface area contributed by atoms with Gasteiger partial charge in [-0.1, -0.05) is 6.92 Å². The fraction of sp³-hybridized carbons (Fsp3) is 1.00. The molecule has 7 heteroatoms. The van der Waals surface area contributed by atoms with E-state index in [2.05, 4.69) is 10.0 Å². The number of aliphatic hydroxyl groups excluding tert-OH is 1. The van der Waals surface area contributed by atoms with Gasteiger partial charge in [0, 0.05) is 38.8 Å². The van der Waals surface area contributed by atoms with Crippen LogP contribution in [-0.2, 0) is 10.2 Å². The molecule has 1 rings (SSSR count). The maximum Gasteiger partial charge on any atom is 0.279 e. The van der Waals surface area contributed by atoms with Crippen LogP contribution in [0.1, 0.15) is 19.8 Å². The predicted molar refractivity (Wildman–Crippen MR) is 62.3 cm³/mol. The first-order valence-corrected chi connectivity index (χ1v) is 7.13. The van der Waals surface area contributed by atoms with Crippen molar-refractivity contribution in [1.29, 1.82) is 0 Å². The minimum atomic E-state index is -3.38. The van der Waals surface area contributed by atoms with Gasteiger partial charge in [0.2, 0.25) is 0 Å². The normalized spacial score (nSPS) is 20.9. The molecule has 0 aromatic carbocycles. The summed E-state index contributed by atoms with van der Waals surface area (Å²) in [6.45, 7) is 4.30. The number of hydrogen-bond donors (Lipinski definition) is 3. The molecule has 1 atom stereocenters. The summed E-state index contributed by atoms with van der Waals surface area (Å²) >= 11 is 0. The van der Waals surface area contributed by atoms with E-state index in [4.69, 9.17) is 5.11 Å². The van der Waals surface area contributed by atoms with Crippen molar-refractivity contribution in [2.24, 2.45) is 0 Å². The van der Waals surface area contributed by atoms with Crippen LogP contribution in [0, 0.1) is 0 Å². The maximum absolute atomic E-state index is 11.9. The number of hydrogen-bond acceptors (Lipinski definition) is 4. The van der Waals surface area contributed by atoms with Crippen LogP contribution in [0.2, 0.25) is 0 Å². The van der Waals surface area contributed by atoms with Crippen molar-refractivity contribution >= 4 is 10.2 Å². The molecule has 1 fully saturated rings. The highest BCUT2D eigenvalue weighted by Crippen LogP contribution is 2.05. The monoisotopic (exact) mass is 251 g/mol. The largest absolute Gasteiger partial charge is 0.396 e. The van der Waals surface area contributed by atoms with Crippen LogP contribution in [0.5, 0.6) is 0 Å². The summed E-state index contributed by atoms with van der Waals surface area (Å²) in [5.41, 5.74) is 0. The highest BCUT2D eigenvalue weighted by atomic mass is 32.2. The van der Waals surface area contributed by atoms with E-state index in [1.807, 2.05) is 6.92 Å². The average Bonchev–Trinajstić information content (AvgIpc) is 2.29. The zero-order valence-corrected chi connectivity index (χ0v) is 10.5. The molecule has 0 bridgehead atoms. The third-order valence-corrected chi connectivity index (χ3v) is 4.38. The van der Waals surface area contributed by atoms with E-state index in [0.29, 0.717) is 39.0 Å². The van der Waals surface area contributed by atoms with Crippen molar-refractivity contribution in [2.75, 3.05) is 32.8 Å². The van der Waals surface area contributed by atoms with Gasteiger partial charge >= 0.3 is 0 Å². The van der Waals surface area contributed by atoms with E-state index < -0.39 is 10.2 Å². The van der Waals surface area contributed by atoms with Crippen molar-refractivity contribution < 1.29 is 13.5 Å². The first kappa shape index (κ1) is 13.9. The SMILES string of the molecule is CCC(CCO)NS(=O)(=O)N1CCNCC1. The summed E-state index contributed by atoms with van der Waals surface area (Å²) in [5, 5.41) is 11.9. The summed E-state index contributed by atoms with van der Waals surface area (Å²) in [5.74, 6) is 0. The van der Waals surface area contributed by atoms with E-state index in [0.717, 1.165) is 0 Å². The number of aliphatic hydroxyl groups is 1. The number of piperazine rings is 1. The van der Waals surface area contributed by atoms with Crippen LogP contribution in [-0.4, -0.2) is 56.7 Å². The minimum absolute atomic E-state index is 0.00256. The Bertz CT molecular complexity index is 288. The van der Waals surface area contributed by atoms with E-state index >= 15 is 0 Å². The summed E-state index contributed by atoms with van der Waals surface area (Å²) in [6.07, 6.45) is 1.15. The van der Waals surface area contributed by atoms with Gasteiger partial charge in [0.15, 0.2) is 0 Å². The Morgan fingerprint density at radius 1 is 1.44 bits per heavy atom. The Morgan fingerprint density at radius 3 is 2.56 bits per heavy atom. The molecule has 6 nitrogen and oxygen atoms in total. The van der Waals surface area contributed by atoms with Crippen molar-refractivity contribution in [1.82, 2.24) is 14.3 Å². The molecular formula is C9H21N3O3S. The summed E-state index contributed by atoms with van der Waals surface area (Å²) in [4.78, 5) is 0. The molecule has 3 N–H and O–H groups in total. The smallest absolute Gasteiger partial charge is 0.279 e. The first-order chi connectivity index (χ1) is 7.60. The van der Waals surface area contributed by atoms with Crippen LogP contribution in [0.15, 0.2) is 0 Å². The quantitative estimate of drug-likeness (QED) is 0.559. The Kier molecular flexibility index (Phi) is 5.63. The molecule has 0 aliphatic carbocycles. The van der Waals surface area contributed by atoms with Crippen LogP contribution >= 0.6 is 0 Å². The minimum Gasteiger partial charge on any atom is -0.396 e. The molecular weight excluding hydrogens is 230 g/mol. The molecule has 0 aromatic rings. The summed E-state index contributed by atoms with van der Waals surface area (Å²) < 4.78 is 27.9. The van der Waals surface area contributed by atoms with Gasteiger partial charge in [-0.25, -0.2) is 0 Å². The molecule has 1 unspecified atom stereocenters. The molecule has 0 spiro atoms. The average molecular weight is 251 g/mol. The van der Waals surface area contributed by atoms with Gasteiger partial charge < -0.3 is 10.4 Å².